The summed E-state index contributed by atoms with van der Waals surface area (Å²) in [5.74, 6) is 0. The van der Waals surface area contributed by atoms with Gasteiger partial charge in [0, 0.05) is 12.8 Å². The molecule has 2 saturated heterocycles. The highest BCUT2D eigenvalue weighted by Crippen LogP contribution is 2.27. The van der Waals surface area contributed by atoms with E-state index in [1.165, 1.54) is 50.2 Å². The van der Waals surface area contributed by atoms with Gasteiger partial charge in [-0.2, -0.15) is 5.01 Å². The number of hydrogen-bond donors (Lipinski definition) is 0. The Morgan fingerprint density at radius 2 is 1.75 bits per heavy atom. The fraction of sp³-hybridized carbons (Fsp3) is 1.00. The summed E-state index contributed by atoms with van der Waals surface area (Å²) >= 11 is 3.55. The molecule has 2 aliphatic rings. The molecule has 2 heterocycles. The van der Waals surface area contributed by atoms with Crippen molar-refractivity contribution in [2.75, 3.05) is 38.1 Å². The molecule has 0 aromatic carbocycles. The molecule has 0 unspecified atom stereocenters. The average Bonchev–Trinajstić information content (AvgIpc) is 2.45. The van der Waals surface area contributed by atoms with E-state index in [1.54, 1.807) is 0 Å². The van der Waals surface area contributed by atoms with Gasteiger partial charge in [-0.05, 0) is 0 Å². The van der Waals surface area contributed by atoms with Gasteiger partial charge in [0.15, 0.2) is 0 Å². The van der Waals surface area contributed by atoms with Crippen molar-refractivity contribution >= 4 is 15.9 Å². The molecule has 0 aromatic heterocycles. The van der Waals surface area contributed by atoms with Gasteiger partial charge in [0.1, 0.15) is 6.54 Å². The first-order chi connectivity index (χ1) is 5.37. The summed E-state index contributed by atoms with van der Waals surface area (Å²) in [6, 6.07) is 0. The molecule has 0 aromatic rings. The minimum atomic E-state index is 0. The average molecular weight is 300 g/mol. The third-order valence-corrected chi connectivity index (χ3v) is 3.44. The number of quaternary nitrogens is 1. The highest BCUT2D eigenvalue weighted by molar-refractivity contribution is 9.09. The molecule has 0 N–H and O–H groups in total. The van der Waals surface area contributed by atoms with Crippen molar-refractivity contribution in [1.29, 1.82) is 0 Å². The molecule has 2 fully saturated rings. The minimum Gasteiger partial charge on any atom is -1.00 e. The van der Waals surface area contributed by atoms with Gasteiger partial charge in [0.2, 0.25) is 0 Å². The van der Waals surface area contributed by atoms with Crippen LogP contribution in [0.4, 0.5) is 0 Å². The molecule has 12 heavy (non-hydrogen) atoms. The van der Waals surface area contributed by atoms with Crippen LogP contribution >= 0.6 is 15.9 Å². The van der Waals surface area contributed by atoms with Gasteiger partial charge in [-0.1, -0.05) is 15.9 Å². The maximum Gasteiger partial charge on any atom is 0.106 e. The SMILES string of the molecule is BrCC[N+]12CCCN1CCC2.[Br-]. The van der Waals surface area contributed by atoms with Gasteiger partial charge in [0.05, 0.1) is 31.5 Å². The van der Waals surface area contributed by atoms with Crippen LogP contribution in [-0.4, -0.2) is 47.7 Å². The van der Waals surface area contributed by atoms with E-state index in [-0.39, 0.29) is 17.0 Å². The molecule has 0 bridgehead atoms. The third kappa shape index (κ3) is 1.72. The molecule has 0 atom stereocenters. The Balaban J connectivity index is 0.000000720. The van der Waals surface area contributed by atoms with Crippen molar-refractivity contribution in [1.82, 2.24) is 5.01 Å². The quantitative estimate of drug-likeness (QED) is 0.431. The smallest absolute Gasteiger partial charge is 0.106 e. The van der Waals surface area contributed by atoms with Crippen LogP contribution in [0, 0.1) is 0 Å². The van der Waals surface area contributed by atoms with E-state index < -0.39 is 0 Å². The van der Waals surface area contributed by atoms with Crippen LogP contribution < -0.4 is 17.0 Å². The van der Waals surface area contributed by atoms with Crippen LogP contribution in [0.2, 0.25) is 0 Å². The van der Waals surface area contributed by atoms with Crippen molar-refractivity contribution in [3.8, 4) is 0 Å². The van der Waals surface area contributed by atoms with Gasteiger partial charge in [-0.3, -0.25) is 0 Å². The molecule has 2 nitrogen and oxygen atoms in total. The lowest BCUT2D eigenvalue weighted by molar-refractivity contribution is -1.01. The van der Waals surface area contributed by atoms with Crippen molar-refractivity contribution in [2.24, 2.45) is 0 Å². The van der Waals surface area contributed by atoms with Crippen molar-refractivity contribution in [3.63, 3.8) is 0 Å². The van der Waals surface area contributed by atoms with Gasteiger partial charge < -0.3 is 17.0 Å². The standard InChI is InChI=1S/C8H16BrN2.BrH/c9-3-8-11-6-1-4-10(11)5-2-7-11;/h1-8H2;1H/q+1;/p-1. The van der Waals surface area contributed by atoms with Crippen LogP contribution in [0.3, 0.4) is 0 Å². The van der Waals surface area contributed by atoms with E-state index in [9.17, 15) is 0 Å². The zero-order valence-corrected chi connectivity index (χ0v) is 10.5. The topological polar surface area (TPSA) is 3.24 Å². The fourth-order valence-corrected chi connectivity index (χ4v) is 3.21. The predicted molar refractivity (Wildman–Crippen MR) is 49.5 cm³/mol. The minimum absolute atomic E-state index is 0. The maximum absolute atomic E-state index is 3.55. The Hall–Kier alpha value is 0.880. The Morgan fingerprint density at radius 3 is 2.25 bits per heavy atom. The van der Waals surface area contributed by atoms with Crippen molar-refractivity contribution in [2.45, 2.75) is 12.8 Å². The summed E-state index contributed by atoms with van der Waals surface area (Å²) < 4.78 is 1.30. The molecule has 2 rings (SSSR count). The Kier molecular flexibility index (Phi) is 4.02. The maximum atomic E-state index is 3.55. The molecular weight excluding hydrogens is 284 g/mol. The van der Waals surface area contributed by atoms with E-state index in [0.717, 1.165) is 5.33 Å². The second-order valence-corrected chi connectivity index (χ2v) is 4.41. The first-order valence-electron chi connectivity index (χ1n) is 4.55. The summed E-state index contributed by atoms with van der Waals surface area (Å²) in [5.41, 5.74) is 0. The molecule has 0 amide bonds. The zero-order chi connectivity index (χ0) is 7.73. The van der Waals surface area contributed by atoms with E-state index in [1.807, 2.05) is 0 Å². The molecule has 0 saturated carbocycles. The lowest BCUT2D eigenvalue weighted by Gasteiger charge is -2.34. The summed E-state index contributed by atoms with van der Waals surface area (Å²) in [4.78, 5) is 0. The van der Waals surface area contributed by atoms with Crippen molar-refractivity contribution < 1.29 is 21.6 Å². The molecule has 4 heteroatoms. The van der Waals surface area contributed by atoms with Crippen LogP contribution in [0.5, 0.6) is 0 Å². The van der Waals surface area contributed by atoms with Crippen LogP contribution in [-0.2, 0) is 0 Å². The van der Waals surface area contributed by atoms with Crippen LogP contribution in [0.25, 0.3) is 0 Å². The first-order valence-corrected chi connectivity index (χ1v) is 5.67. The lowest BCUT2D eigenvalue weighted by Crippen LogP contribution is -3.00. The number of halogens is 2. The summed E-state index contributed by atoms with van der Waals surface area (Å²) in [5, 5.41) is 3.81. The van der Waals surface area contributed by atoms with Crippen molar-refractivity contribution in [3.05, 3.63) is 0 Å². The number of nitrogens with zero attached hydrogens (tertiary/aromatic N) is 2. The van der Waals surface area contributed by atoms with E-state index in [0.29, 0.717) is 0 Å². The number of hydrogen-bond acceptors (Lipinski definition) is 1. The van der Waals surface area contributed by atoms with E-state index in [4.69, 9.17) is 0 Å². The van der Waals surface area contributed by atoms with Crippen LogP contribution in [0.1, 0.15) is 12.8 Å². The third-order valence-electron chi connectivity index (χ3n) is 3.08. The lowest BCUT2D eigenvalue weighted by atomic mass is 10.3. The summed E-state index contributed by atoms with van der Waals surface area (Å²) in [6.07, 6.45) is 2.82. The van der Waals surface area contributed by atoms with Crippen LogP contribution in [0.15, 0.2) is 0 Å². The highest BCUT2D eigenvalue weighted by Gasteiger charge is 2.43. The number of fused-ring (bicyclic) bond motifs is 1. The Bertz CT molecular complexity index is 142. The molecule has 0 aliphatic carbocycles. The fourth-order valence-electron chi connectivity index (χ4n) is 2.55. The Labute approximate surface area is 93.4 Å². The number of rotatable bonds is 2. The van der Waals surface area contributed by atoms with Gasteiger partial charge in [-0.15, -0.1) is 0 Å². The largest absolute Gasteiger partial charge is 1.00 e. The molecular formula is C8H16Br2N2. The predicted octanol–water partition coefficient (Wildman–Crippen LogP) is -1.77. The number of alkyl halides is 1. The molecule has 0 spiro atoms. The van der Waals surface area contributed by atoms with E-state index in [2.05, 4.69) is 20.9 Å². The van der Waals surface area contributed by atoms with E-state index >= 15 is 0 Å². The van der Waals surface area contributed by atoms with Gasteiger partial charge >= 0.3 is 0 Å². The highest BCUT2D eigenvalue weighted by atomic mass is 79.9. The summed E-state index contributed by atoms with van der Waals surface area (Å²) in [6.45, 7) is 6.78. The monoisotopic (exact) mass is 298 g/mol. The first kappa shape index (κ1) is 11.0. The second kappa shape index (κ2) is 4.40. The van der Waals surface area contributed by atoms with Gasteiger partial charge in [-0.25, -0.2) is 4.59 Å². The molecule has 0 radical (unpaired) electrons. The summed E-state index contributed by atoms with van der Waals surface area (Å²) in [7, 11) is 0. The molecule has 72 valence electrons. The Morgan fingerprint density at radius 1 is 1.17 bits per heavy atom. The molecule has 2 aliphatic heterocycles. The van der Waals surface area contributed by atoms with Gasteiger partial charge in [0.25, 0.3) is 0 Å². The zero-order valence-electron chi connectivity index (χ0n) is 7.31. The second-order valence-electron chi connectivity index (χ2n) is 3.62. The normalized spacial score (nSPS) is 26.8.